The van der Waals surface area contributed by atoms with E-state index in [-0.39, 0.29) is 31.4 Å². The van der Waals surface area contributed by atoms with Crippen LogP contribution in [0.4, 0.5) is 0 Å². The van der Waals surface area contributed by atoms with E-state index in [2.05, 4.69) is 9.89 Å². The van der Waals surface area contributed by atoms with Crippen LogP contribution < -0.4 is 11.5 Å². The van der Waals surface area contributed by atoms with Crippen LogP contribution in [0.15, 0.2) is 5.16 Å². The van der Waals surface area contributed by atoms with Crippen LogP contribution in [0.25, 0.3) is 0 Å². The number of hydrogen-bond acceptors (Lipinski definition) is 6. The molecule has 0 aliphatic rings. The van der Waals surface area contributed by atoms with Crippen molar-refractivity contribution >= 4 is 37.0 Å². The number of halogens is 2. The molecule has 0 amide bonds. The van der Waals surface area contributed by atoms with Crippen molar-refractivity contribution in [1.82, 2.24) is 0 Å². The van der Waals surface area contributed by atoms with Crippen molar-refractivity contribution in [2.75, 3.05) is 13.2 Å². The van der Waals surface area contributed by atoms with Crippen molar-refractivity contribution in [3.63, 3.8) is 0 Å². The van der Waals surface area contributed by atoms with Gasteiger partial charge in [-0.15, -0.1) is 24.8 Å². The van der Waals surface area contributed by atoms with Gasteiger partial charge in [0.25, 0.3) is 0 Å². The molecule has 0 aromatic rings. The molecule has 0 spiro atoms. The van der Waals surface area contributed by atoms with E-state index in [0.717, 1.165) is 19.1 Å². The maximum absolute atomic E-state index is 11.1. The summed E-state index contributed by atoms with van der Waals surface area (Å²) in [4.78, 5) is 11.1. The summed E-state index contributed by atoms with van der Waals surface area (Å²) in [5.41, 5.74) is 10.8. The van der Waals surface area contributed by atoms with Crippen molar-refractivity contribution in [3.8, 4) is 0 Å². The SMILES string of the molecule is Cl.Cl.NCCCC[C@H](N)C(=O)OCC=NO. The van der Waals surface area contributed by atoms with Gasteiger partial charge in [0.1, 0.15) is 12.6 Å². The molecule has 0 aliphatic carbocycles. The second-order valence-corrected chi connectivity index (χ2v) is 2.82. The molecular weight excluding hydrogens is 257 g/mol. The Hall–Kier alpha value is -0.560. The molecule has 5 N–H and O–H groups in total. The van der Waals surface area contributed by atoms with Gasteiger partial charge in [0.05, 0.1) is 6.21 Å². The third-order valence-corrected chi connectivity index (χ3v) is 1.65. The predicted molar refractivity (Wildman–Crippen MR) is 66.6 cm³/mol. The van der Waals surface area contributed by atoms with E-state index in [0.29, 0.717) is 13.0 Å². The lowest BCUT2D eigenvalue weighted by Gasteiger charge is -2.09. The van der Waals surface area contributed by atoms with Crippen molar-refractivity contribution in [1.29, 1.82) is 0 Å². The van der Waals surface area contributed by atoms with Crippen LogP contribution >= 0.6 is 24.8 Å². The molecule has 0 saturated heterocycles. The molecule has 1 atom stereocenters. The number of unbranched alkanes of at least 4 members (excludes halogenated alkanes) is 1. The second-order valence-electron chi connectivity index (χ2n) is 2.82. The third-order valence-electron chi connectivity index (χ3n) is 1.65. The van der Waals surface area contributed by atoms with Gasteiger partial charge in [-0.1, -0.05) is 11.6 Å². The molecule has 0 saturated carbocycles. The van der Waals surface area contributed by atoms with Gasteiger partial charge in [-0.05, 0) is 19.4 Å². The summed E-state index contributed by atoms with van der Waals surface area (Å²) in [5, 5.41) is 10.7. The second kappa shape index (κ2) is 14.4. The first-order valence-electron chi connectivity index (χ1n) is 4.50. The molecule has 0 aliphatic heterocycles. The smallest absolute Gasteiger partial charge is 0.323 e. The van der Waals surface area contributed by atoms with E-state index < -0.39 is 12.0 Å². The molecule has 0 rings (SSSR count). The topological polar surface area (TPSA) is 111 Å². The van der Waals surface area contributed by atoms with Crippen LogP contribution in [0.3, 0.4) is 0 Å². The standard InChI is InChI=1S/C8H17N3O3.2ClH/c9-4-2-1-3-7(10)8(12)14-6-5-11-13;;/h5,7,13H,1-4,6,9-10H2;2*1H/t7-;;/m0../s1. The summed E-state index contributed by atoms with van der Waals surface area (Å²) in [7, 11) is 0. The molecule has 0 aromatic carbocycles. The van der Waals surface area contributed by atoms with E-state index in [1.54, 1.807) is 0 Å². The number of oxime groups is 1. The number of hydrogen-bond donors (Lipinski definition) is 3. The zero-order valence-electron chi connectivity index (χ0n) is 8.87. The number of carbonyl (C=O) groups is 1. The van der Waals surface area contributed by atoms with Crippen molar-refractivity contribution in [2.24, 2.45) is 16.6 Å². The minimum absolute atomic E-state index is 0. The average molecular weight is 276 g/mol. The Labute approximate surface area is 107 Å². The van der Waals surface area contributed by atoms with Gasteiger partial charge in [0, 0.05) is 0 Å². The Bertz CT molecular complexity index is 193. The van der Waals surface area contributed by atoms with Crippen LogP contribution in [-0.2, 0) is 9.53 Å². The Morgan fingerprint density at radius 1 is 1.44 bits per heavy atom. The lowest BCUT2D eigenvalue weighted by Crippen LogP contribution is -2.32. The van der Waals surface area contributed by atoms with Gasteiger partial charge in [-0.25, -0.2) is 0 Å². The zero-order chi connectivity index (χ0) is 10.8. The van der Waals surface area contributed by atoms with Crippen LogP contribution in [0, 0.1) is 0 Å². The molecule has 0 radical (unpaired) electrons. The fraction of sp³-hybridized carbons (Fsp3) is 0.750. The number of carbonyl (C=O) groups excluding carboxylic acids is 1. The molecule has 0 bridgehead atoms. The van der Waals surface area contributed by atoms with Gasteiger partial charge >= 0.3 is 5.97 Å². The van der Waals surface area contributed by atoms with Gasteiger partial charge < -0.3 is 21.4 Å². The lowest BCUT2D eigenvalue weighted by atomic mass is 10.1. The monoisotopic (exact) mass is 275 g/mol. The van der Waals surface area contributed by atoms with Crippen LogP contribution in [-0.4, -0.2) is 36.6 Å². The molecule has 0 heterocycles. The molecular formula is C8H19Cl2N3O3. The minimum Gasteiger partial charge on any atom is -0.459 e. The number of esters is 1. The van der Waals surface area contributed by atoms with Crippen LogP contribution in [0.2, 0.25) is 0 Å². The Balaban J connectivity index is -0.000000845. The third kappa shape index (κ3) is 11.5. The van der Waals surface area contributed by atoms with Gasteiger partial charge in [-0.3, -0.25) is 4.79 Å². The summed E-state index contributed by atoms with van der Waals surface area (Å²) in [6, 6.07) is -0.617. The molecule has 0 unspecified atom stereocenters. The van der Waals surface area contributed by atoms with E-state index in [1.165, 1.54) is 0 Å². The number of nitrogens with two attached hydrogens (primary N) is 2. The number of nitrogens with zero attached hydrogens (tertiary/aromatic N) is 1. The predicted octanol–water partition coefficient (Wildman–Crippen LogP) is 0.289. The van der Waals surface area contributed by atoms with Gasteiger partial charge in [0.15, 0.2) is 0 Å². The fourth-order valence-corrected chi connectivity index (χ4v) is 0.886. The summed E-state index contributed by atoms with van der Waals surface area (Å²) >= 11 is 0. The summed E-state index contributed by atoms with van der Waals surface area (Å²) in [5.74, 6) is -0.484. The van der Waals surface area contributed by atoms with Crippen LogP contribution in [0.1, 0.15) is 19.3 Å². The summed E-state index contributed by atoms with van der Waals surface area (Å²) < 4.78 is 4.67. The first-order chi connectivity index (χ1) is 6.72. The van der Waals surface area contributed by atoms with E-state index in [4.69, 9.17) is 16.7 Å². The molecule has 0 fully saturated rings. The van der Waals surface area contributed by atoms with Crippen LogP contribution in [0.5, 0.6) is 0 Å². The zero-order valence-corrected chi connectivity index (χ0v) is 10.5. The highest BCUT2D eigenvalue weighted by atomic mass is 35.5. The lowest BCUT2D eigenvalue weighted by molar-refractivity contribution is -0.143. The molecule has 8 heteroatoms. The normalized spacial score (nSPS) is 11.4. The highest BCUT2D eigenvalue weighted by Crippen LogP contribution is 1.99. The summed E-state index contributed by atoms with van der Waals surface area (Å²) in [6.45, 7) is 0.541. The Morgan fingerprint density at radius 2 is 2.06 bits per heavy atom. The molecule has 98 valence electrons. The Kier molecular flexibility index (Phi) is 18.8. The Morgan fingerprint density at radius 3 is 2.56 bits per heavy atom. The highest BCUT2D eigenvalue weighted by Gasteiger charge is 2.13. The number of rotatable bonds is 7. The van der Waals surface area contributed by atoms with Gasteiger partial charge in [-0.2, -0.15) is 0 Å². The molecule has 6 nitrogen and oxygen atoms in total. The maximum Gasteiger partial charge on any atom is 0.323 e. The largest absolute Gasteiger partial charge is 0.459 e. The van der Waals surface area contributed by atoms with E-state index >= 15 is 0 Å². The van der Waals surface area contributed by atoms with Gasteiger partial charge in [0.2, 0.25) is 0 Å². The average Bonchev–Trinajstić information content (AvgIpc) is 2.18. The van der Waals surface area contributed by atoms with E-state index in [1.807, 2.05) is 0 Å². The maximum atomic E-state index is 11.1. The highest BCUT2D eigenvalue weighted by molar-refractivity contribution is 5.85. The van der Waals surface area contributed by atoms with Crippen molar-refractivity contribution < 1.29 is 14.7 Å². The quantitative estimate of drug-likeness (QED) is 0.203. The van der Waals surface area contributed by atoms with E-state index in [9.17, 15) is 4.79 Å². The first kappa shape index (κ1) is 20.8. The van der Waals surface area contributed by atoms with Crippen molar-refractivity contribution in [3.05, 3.63) is 0 Å². The molecule has 16 heavy (non-hydrogen) atoms. The fourth-order valence-electron chi connectivity index (χ4n) is 0.886. The van der Waals surface area contributed by atoms with Crippen molar-refractivity contribution in [2.45, 2.75) is 25.3 Å². The minimum atomic E-state index is -0.617. The number of ether oxygens (including phenoxy) is 1. The first-order valence-corrected chi connectivity index (χ1v) is 4.50. The summed E-state index contributed by atoms with van der Waals surface area (Å²) in [6.07, 6.45) is 3.29. The molecule has 0 aromatic heterocycles.